The van der Waals surface area contributed by atoms with Crippen LogP contribution in [-0.2, 0) is 22.3 Å². The molecule has 0 bridgehead atoms. The zero-order valence-electron chi connectivity index (χ0n) is 15.7. The van der Waals surface area contributed by atoms with E-state index in [0.717, 1.165) is 12.1 Å². The predicted octanol–water partition coefficient (Wildman–Crippen LogP) is 1.71. The van der Waals surface area contributed by atoms with Crippen LogP contribution < -0.4 is 0 Å². The maximum absolute atomic E-state index is 13.0. The molecule has 2 aromatic rings. The average Bonchev–Trinajstić information content (AvgIpc) is 3.07. The lowest BCUT2D eigenvalue weighted by Crippen LogP contribution is -2.63. The molecule has 1 fully saturated rings. The van der Waals surface area contributed by atoms with Gasteiger partial charge in [0.25, 0.3) is 6.47 Å². The van der Waals surface area contributed by atoms with E-state index in [1.54, 1.807) is 6.92 Å². The molecule has 2 unspecified atom stereocenters. The minimum Gasteiger partial charge on any atom is -0.445 e. The van der Waals surface area contributed by atoms with Crippen molar-refractivity contribution in [1.29, 1.82) is 0 Å². The summed E-state index contributed by atoms with van der Waals surface area (Å²) < 4.78 is 45.6. The first kappa shape index (κ1) is 20.2. The highest BCUT2D eigenvalue weighted by Gasteiger charge is 2.41. The molecule has 2 atom stereocenters. The van der Waals surface area contributed by atoms with E-state index in [1.165, 1.54) is 16.8 Å². The molecule has 0 N–H and O–H groups in total. The summed E-state index contributed by atoms with van der Waals surface area (Å²) in [6.45, 7) is 5.57. The lowest BCUT2D eigenvalue weighted by atomic mass is 10.1. The van der Waals surface area contributed by atoms with Crippen LogP contribution in [-0.4, -0.2) is 68.4 Å². The topological polar surface area (TPSA) is 76.4 Å². The highest BCUT2D eigenvalue weighted by Crippen LogP contribution is 2.30. The van der Waals surface area contributed by atoms with E-state index < -0.39 is 17.5 Å². The number of piperazine rings is 1. The van der Waals surface area contributed by atoms with Crippen LogP contribution in [0.15, 0.2) is 24.3 Å². The highest BCUT2D eigenvalue weighted by atomic mass is 19.4. The summed E-state index contributed by atoms with van der Waals surface area (Å²) in [7, 11) is 1.87. The van der Waals surface area contributed by atoms with Gasteiger partial charge in [-0.1, -0.05) is 6.07 Å². The number of ether oxygens (including phenoxy) is 1. The highest BCUT2D eigenvalue weighted by molar-refractivity contribution is 5.38. The fraction of sp³-hybridized carbons (Fsp3) is 0.529. The molecular formula is C17H21F3N6O2. The van der Waals surface area contributed by atoms with Crippen molar-refractivity contribution in [2.24, 2.45) is 0 Å². The van der Waals surface area contributed by atoms with Crippen molar-refractivity contribution in [3.63, 3.8) is 0 Å². The molecule has 1 aromatic heterocycles. The van der Waals surface area contributed by atoms with Crippen molar-refractivity contribution in [3.05, 3.63) is 35.7 Å². The Kier molecular flexibility index (Phi) is 5.39. The number of nitrogens with zero attached hydrogens (tertiary/aromatic N) is 6. The van der Waals surface area contributed by atoms with Crippen LogP contribution in [0.25, 0.3) is 5.69 Å². The Hall–Kier alpha value is -2.53. The second kappa shape index (κ2) is 7.47. The van der Waals surface area contributed by atoms with Crippen LogP contribution in [0.3, 0.4) is 0 Å². The van der Waals surface area contributed by atoms with Gasteiger partial charge < -0.3 is 4.74 Å². The minimum absolute atomic E-state index is 0.0802. The minimum atomic E-state index is -4.45. The fourth-order valence-corrected chi connectivity index (χ4v) is 3.42. The molecule has 0 saturated carbocycles. The normalized spacial score (nSPS) is 24.3. The number of likely N-dealkylation sites (N-methyl/N-ethyl adjacent to an activating group) is 1. The fourth-order valence-electron chi connectivity index (χ4n) is 3.42. The van der Waals surface area contributed by atoms with E-state index in [-0.39, 0.29) is 11.7 Å². The second-order valence-corrected chi connectivity index (χ2v) is 7.07. The van der Waals surface area contributed by atoms with Crippen LogP contribution in [0.1, 0.15) is 25.2 Å². The van der Waals surface area contributed by atoms with Crippen LogP contribution >= 0.6 is 0 Å². The van der Waals surface area contributed by atoms with Crippen molar-refractivity contribution >= 4 is 6.47 Å². The first-order valence-corrected chi connectivity index (χ1v) is 8.66. The molecule has 3 rings (SSSR count). The molecule has 8 nitrogen and oxygen atoms in total. The van der Waals surface area contributed by atoms with Gasteiger partial charge in [0.05, 0.1) is 24.3 Å². The van der Waals surface area contributed by atoms with Crippen molar-refractivity contribution in [3.8, 4) is 5.69 Å². The Bertz CT molecular complexity index is 842. The average molecular weight is 398 g/mol. The SMILES string of the molecule is CC1CN(Cc2nnnn2-c2cccc(C(F)(F)F)c2)CC(C)(OC=O)N1C. The van der Waals surface area contributed by atoms with E-state index in [2.05, 4.69) is 15.5 Å². The van der Waals surface area contributed by atoms with E-state index in [1.807, 2.05) is 23.8 Å². The van der Waals surface area contributed by atoms with E-state index >= 15 is 0 Å². The third-order valence-electron chi connectivity index (χ3n) is 5.07. The standard InChI is InChI=1S/C17H21F3N6O2/c1-12-8-25(10-16(2,24(12)3)28-11-27)9-15-21-22-23-26(15)14-6-4-5-13(7-14)17(18,19)20/h4-7,11-12H,8-10H2,1-3H3. The van der Waals surface area contributed by atoms with Crippen molar-refractivity contribution in [2.75, 3.05) is 20.1 Å². The molecule has 2 heterocycles. The molecule has 1 aliphatic rings. The second-order valence-electron chi connectivity index (χ2n) is 7.07. The van der Waals surface area contributed by atoms with E-state index in [0.29, 0.717) is 31.9 Å². The number of aromatic nitrogens is 4. The van der Waals surface area contributed by atoms with Gasteiger partial charge in [-0.2, -0.15) is 17.9 Å². The first-order chi connectivity index (χ1) is 13.1. The number of carbonyl (C=O) groups excluding carboxylic acids is 1. The third kappa shape index (κ3) is 3.99. The molecule has 0 spiro atoms. The number of hydrogen-bond donors (Lipinski definition) is 0. The van der Waals surface area contributed by atoms with Crippen LogP contribution in [0.2, 0.25) is 0 Å². The summed E-state index contributed by atoms with van der Waals surface area (Å²) >= 11 is 0. The van der Waals surface area contributed by atoms with Gasteiger partial charge in [-0.15, -0.1) is 5.10 Å². The molecular weight excluding hydrogens is 377 g/mol. The largest absolute Gasteiger partial charge is 0.445 e. The van der Waals surface area contributed by atoms with Crippen LogP contribution in [0, 0.1) is 0 Å². The number of benzene rings is 1. The van der Waals surface area contributed by atoms with Gasteiger partial charge in [-0.05, 0) is 49.5 Å². The molecule has 1 saturated heterocycles. The van der Waals surface area contributed by atoms with Gasteiger partial charge in [-0.25, -0.2) is 0 Å². The number of rotatable bonds is 5. The van der Waals surface area contributed by atoms with Gasteiger partial charge in [0, 0.05) is 12.6 Å². The monoisotopic (exact) mass is 398 g/mol. The van der Waals surface area contributed by atoms with Crippen molar-refractivity contribution in [1.82, 2.24) is 30.0 Å². The molecule has 28 heavy (non-hydrogen) atoms. The smallest absolute Gasteiger partial charge is 0.416 e. The first-order valence-electron chi connectivity index (χ1n) is 8.66. The summed E-state index contributed by atoms with van der Waals surface area (Å²) in [5, 5.41) is 11.4. The van der Waals surface area contributed by atoms with Gasteiger partial charge in [0.2, 0.25) is 0 Å². The Labute approximate surface area is 159 Å². The number of carbonyl (C=O) groups is 1. The van der Waals surface area contributed by atoms with Crippen molar-refractivity contribution < 1.29 is 22.7 Å². The lowest BCUT2D eigenvalue weighted by molar-refractivity contribution is -0.186. The molecule has 0 aliphatic carbocycles. The maximum atomic E-state index is 13.0. The Morgan fingerprint density at radius 2 is 2.14 bits per heavy atom. The maximum Gasteiger partial charge on any atom is 0.416 e. The van der Waals surface area contributed by atoms with E-state index in [9.17, 15) is 18.0 Å². The number of tetrazole rings is 1. The Morgan fingerprint density at radius 3 is 2.82 bits per heavy atom. The van der Waals surface area contributed by atoms with E-state index in [4.69, 9.17) is 4.74 Å². The molecule has 152 valence electrons. The van der Waals surface area contributed by atoms with Crippen LogP contribution in [0.4, 0.5) is 13.2 Å². The summed E-state index contributed by atoms with van der Waals surface area (Å²) in [4.78, 5) is 14.9. The Morgan fingerprint density at radius 1 is 1.39 bits per heavy atom. The summed E-state index contributed by atoms with van der Waals surface area (Å²) in [6.07, 6.45) is -4.45. The number of alkyl halides is 3. The number of halogens is 3. The van der Waals surface area contributed by atoms with Gasteiger partial charge >= 0.3 is 6.18 Å². The number of hydrogen-bond acceptors (Lipinski definition) is 7. The lowest BCUT2D eigenvalue weighted by Gasteiger charge is -2.48. The quantitative estimate of drug-likeness (QED) is 0.710. The Balaban J connectivity index is 1.84. The zero-order valence-corrected chi connectivity index (χ0v) is 15.7. The third-order valence-corrected chi connectivity index (χ3v) is 5.07. The summed E-state index contributed by atoms with van der Waals surface area (Å²) in [5.41, 5.74) is -1.37. The molecule has 11 heteroatoms. The summed E-state index contributed by atoms with van der Waals surface area (Å²) in [6, 6.07) is 4.92. The molecule has 1 aliphatic heterocycles. The zero-order chi connectivity index (χ0) is 20.5. The molecule has 0 radical (unpaired) electrons. The predicted molar refractivity (Wildman–Crippen MR) is 92.2 cm³/mol. The summed E-state index contributed by atoms with van der Waals surface area (Å²) in [5.74, 6) is 0.393. The van der Waals surface area contributed by atoms with Gasteiger partial charge in [-0.3, -0.25) is 14.6 Å². The van der Waals surface area contributed by atoms with Crippen molar-refractivity contribution in [2.45, 2.75) is 38.3 Å². The molecule has 1 aromatic carbocycles. The van der Waals surface area contributed by atoms with Crippen LogP contribution in [0.5, 0.6) is 0 Å². The van der Waals surface area contributed by atoms with Gasteiger partial charge in [0.15, 0.2) is 11.5 Å². The van der Waals surface area contributed by atoms with Gasteiger partial charge in [0.1, 0.15) is 0 Å². The molecule has 0 amide bonds.